The van der Waals surface area contributed by atoms with Crippen LogP contribution in [-0.4, -0.2) is 11.9 Å². The predicted molar refractivity (Wildman–Crippen MR) is 89.7 cm³/mol. The van der Waals surface area contributed by atoms with Gasteiger partial charge in [-0.25, -0.2) is 0 Å². The fourth-order valence-corrected chi connectivity index (χ4v) is 4.75. The fourth-order valence-electron chi connectivity index (χ4n) is 3.90. The van der Waals surface area contributed by atoms with E-state index < -0.39 is 0 Å². The van der Waals surface area contributed by atoms with E-state index in [2.05, 4.69) is 23.7 Å². The maximum atomic E-state index is 12.4. The summed E-state index contributed by atoms with van der Waals surface area (Å²) in [5, 5.41) is 5.21. The molecule has 1 aromatic rings. The van der Waals surface area contributed by atoms with Gasteiger partial charge in [-0.3, -0.25) is 4.79 Å². The smallest absolute Gasteiger partial charge is 0.223 e. The average Bonchev–Trinajstić information content (AvgIpc) is 2.81. The average molecular weight is 329 g/mol. The van der Waals surface area contributed by atoms with Crippen molar-refractivity contribution in [2.45, 2.75) is 51.6 Å². The summed E-state index contributed by atoms with van der Waals surface area (Å²) < 4.78 is 0. The highest BCUT2D eigenvalue weighted by atomic mass is 35.5. The van der Waals surface area contributed by atoms with Crippen molar-refractivity contribution >= 4 is 29.7 Å². The molecule has 0 saturated heterocycles. The Morgan fingerprint density at radius 3 is 2.62 bits per heavy atom. The third-order valence-corrected chi connectivity index (χ3v) is 6.20. The minimum absolute atomic E-state index is 0. The second-order valence-electron chi connectivity index (χ2n) is 6.44. The van der Waals surface area contributed by atoms with Crippen LogP contribution in [0.25, 0.3) is 0 Å². The summed E-state index contributed by atoms with van der Waals surface area (Å²) in [4.78, 5) is 13.7. The lowest BCUT2D eigenvalue weighted by Crippen LogP contribution is -2.49. The van der Waals surface area contributed by atoms with Gasteiger partial charge in [0, 0.05) is 16.8 Å². The van der Waals surface area contributed by atoms with Crippen LogP contribution in [0.2, 0.25) is 0 Å². The molecule has 2 fully saturated rings. The predicted octanol–water partition coefficient (Wildman–Crippen LogP) is 3.25. The van der Waals surface area contributed by atoms with Gasteiger partial charge in [0.05, 0.1) is 6.54 Å². The number of carbonyl (C=O) groups is 1. The molecule has 118 valence electrons. The number of hydrogen-bond donors (Lipinski definition) is 2. The molecule has 0 aromatic carbocycles. The Labute approximate surface area is 137 Å². The summed E-state index contributed by atoms with van der Waals surface area (Å²) in [6.45, 7) is 2.78. The Balaban J connectivity index is 0.00000161. The minimum Gasteiger partial charge on any atom is -0.351 e. The highest BCUT2D eigenvalue weighted by Gasteiger charge is 2.40. The van der Waals surface area contributed by atoms with Gasteiger partial charge < -0.3 is 11.1 Å². The van der Waals surface area contributed by atoms with Crippen molar-refractivity contribution in [2.75, 3.05) is 0 Å². The molecule has 2 bridgehead atoms. The van der Waals surface area contributed by atoms with Gasteiger partial charge >= 0.3 is 0 Å². The Kier molecular flexibility index (Phi) is 5.69. The lowest BCUT2D eigenvalue weighted by Gasteiger charge is -2.43. The first kappa shape index (κ1) is 16.8. The van der Waals surface area contributed by atoms with Crippen molar-refractivity contribution in [3.05, 3.63) is 21.9 Å². The van der Waals surface area contributed by atoms with Crippen molar-refractivity contribution in [2.24, 2.45) is 23.5 Å². The van der Waals surface area contributed by atoms with Crippen molar-refractivity contribution in [1.82, 2.24) is 5.32 Å². The van der Waals surface area contributed by atoms with E-state index in [1.54, 1.807) is 11.3 Å². The number of halogens is 1. The van der Waals surface area contributed by atoms with Crippen LogP contribution in [0.4, 0.5) is 0 Å². The van der Waals surface area contributed by atoms with E-state index in [0.717, 1.165) is 12.8 Å². The molecule has 5 heteroatoms. The van der Waals surface area contributed by atoms with Crippen molar-refractivity contribution in [3.63, 3.8) is 0 Å². The number of fused-ring (bicyclic) bond motifs is 2. The van der Waals surface area contributed by atoms with Gasteiger partial charge in [0.15, 0.2) is 0 Å². The van der Waals surface area contributed by atoms with E-state index >= 15 is 0 Å². The van der Waals surface area contributed by atoms with Gasteiger partial charge in [-0.05, 0) is 61.5 Å². The molecule has 1 amide bonds. The number of amides is 1. The van der Waals surface area contributed by atoms with Gasteiger partial charge in [-0.1, -0.05) is 6.42 Å². The number of nitrogens with one attached hydrogen (secondary N) is 1. The SMILES string of the molecule is Cc1ccsc1CNC(=O)C1CC2CCCC(C1)C2N.Cl. The normalized spacial score (nSPS) is 31.3. The number of thiophene rings is 1. The molecule has 0 aliphatic heterocycles. The molecule has 2 atom stereocenters. The summed E-state index contributed by atoms with van der Waals surface area (Å²) in [6.07, 6.45) is 5.71. The Hall–Kier alpha value is -0.580. The summed E-state index contributed by atoms with van der Waals surface area (Å²) in [5.41, 5.74) is 7.56. The second kappa shape index (κ2) is 7.12. The molecule has 3 rings (SSSR count). The lowest BCUT2D eigenvalue weighted by molar-refractivity contribution is -0.128. The highest BCUT2D eigenvalue weighted by molar-refractivity contribution is 7.10. The summed E-state index contributed by atoms with van der Waals surface area (Å²) in [6, 6.07) is 2.45. The van der Waals surface area contributed by atoms with Gasteiger partial charge in [0.25, 0.3) is 0 Å². The first-order valence-corrected chi connectivity index (χ1v) is 8.59. The number of carbonyl (C=O) groups excluding carboxylic acids is 1. The van der Waals surface area contributed by atoms with Crippen LogP contribution < -0.4 is 11.1 Å². The van der Waals surface area contributed by atoms with Crippen LogP contribution in [-0.2, 0) is 11.3 Å². The van der Waals surface area contributed by atoms with Gasteiger partial charge in [-0.15, -0.1) is 23.7 Å². The van der Waals surface area contributed by atoms with Crippen molar-refractivity contribution in [1.29, 1.82) is 0 Å². The van der Waals surface area contributed by atoms with Crippen molar-refractivity contribution in [3.8, 4) is 0 Å². The summed E-state index contributed by atoms with van der Waals surface area (Å²) in [5.74, 6) is 1.57. The third-order valence-electron chi connectivity index (χ3n) is 5.18. The largest absolute Gasteiger partial charge is 0.351 e. The highest BCUT2D eigenvalue weighted by Crippen LogP contribution is 2.41. The third kappa shape index (κ3) is 3.61. The minimum atomic E-state index is 0. The first-order valence-electron chi connectivity index (χ1n) is 7.71. The Morgan fingerprint density at radius 2 is 2.05 bits per heavy atom. The van der Waals surface area contributed by atoms with Gasteiger partial charge in [-0.2, -0.15) is 0 Å². The zero-order valence-electron chi connectivity index (χ0n) is 12.5. The van der Waals surface area contributed by atoms with Crippen LogP contribution in [0.5, 0.6) is 0 Å². The molecule has 1 aromatic heterocycles. The van der Waals surface area contributed by atoms with Gasteiger partial charge in [0.2, 0.25) is 5.91 Å². The van der Waals surface area contributed by atoms with Crippen LogP contribution in [0.1, 0.15) is 42.5 Å². The Bertz CT molecular complexity index is 476. The van der Waals surface area contributed by atoms with Gasteiger partial charge in [0.1, 0.15) is 0 Å². The Morgan fingerprint density at radius 1 is 1.38 bits per heavy atom. The van der Waals surface area contributed by atoms with E-state index in [1.165, 1.54) is 29.7 Å². The van der Waals surface area contributed by atoms with Crippen LogP contribution in [0.3, 0.4) is 0 Å². The standard InChI is InChI=1S/C16H24N2OS.ClH/c1-10-5-6-20-14(10)9-18-16(19)13-7-11-3-2-4-12(8-13)15(11)17;/h5-6,11-13,15H,2-4,7-9,17H2,1H3,(H,18,19);1H. The molecular weight excluding hydrogens is 304 g/mol. The summed E-state index contributed by atoms with van der Waals surface area (Å²) in [7, 11) is 0. The maximum absolute atomic E-state index is 12.4. The number of rotatable bonds is 3. The van der Waals surface area contributed by atoms with E-state index in [0.29, 0.717) is 24.4 Å². The van der Waals surface area contributed by atoms with Crippen LogP contribution in [0, 0.1) is 24.7 Å². The molecular formula is C16H25ClN2OS. The van der Waals surface area contributed by atoms with E-state index in [9.17, 15) is 4.79 Å². The lowest BCUT2D eigenvalue weighted by atomic mass is 9.65. The quantitative estimate of drug-likeness (QED) is 0.895. The molecule has 0 spiro atoms. The zero-order valence-corrected chi connectivity index (χ0v) is 14.1. The van der Waals surface area contributed by atoms with Crippen LogP contribution >= 0.6 is 23.7 Å². The molecule has 2 saturated carbocycles. The topological polar surface area (TPSA) is 55.1 Å². The molecule has 0 radical (unpaired) electrons. The molecule has 3 nitrogen and oxygen atoms in total. The number of aryl methyl sites for hydroxylation is 1. The van der Waals surface area contributed by atoms with Crippen molar-refractivity contribution < 1.29 is 4.79 Å². The summed E-state index contributed by atoms with van der Waals surface area (Å²) >= 11 is 1.72. The van der Waals surface area contributed by atoms with E-state index in [-0.39, 0.29) is 24.2 Å². The second-order valence-corrected chi connectivity index (χ2v) is 7.44. The molecule has 2 aliphatic carbocycles. The first-order chi connectivity index (χ1) is 9.65. The number of hydrogen-bond acceptors (Lipinski definition) is 3. The van der Waals surface area contributed by atoms with E-state index in [4.69, 9.17) is 5.73 Å². The maximum Gasteiger partial charge on any atom is 0.223 e. The number of nitrogens with two attached hydrogens (primary N) is 1. The molecule has 21 heavy (non-hydrogen) atoms. The fraction of sp³-hybridized carbons (Fsp3) is 0.688. The van der Waals surface area contributed by atoms with Crippen LogP contribution in [0.15, 0.2) is 11.4 Å². The molecule has 2 unspecified atom stereocenters. The zero-order chi connectivity index (χ0) is 14.1. The molecule has 3 N–H and O–H groups in total. The monoisotopic (exact) mass is 328 g/mol. The molecule has 1 heterocycles. The van der Waals surface area contributed by atoms with E-state index in [1.807, 2.05) is 0 Å². The molecule has 2 aliphatic rings.